The minimum atomic E-state index is -0.679. The van der Waals surface area contributed by atoms with Gasteiger partial charge in [0.05, 0.1) is 12.2 Å². The molecule has 0 bridgehead atoms. The van der Waals surface area contributed by atoms with E-state index in [0.717, 1.165) is 32.9 Å². The number of anilines is 1. The summed E-state index contributed by atoms with van der Waals surface area (Å²) >= 11 is 1.46. The predicted octanol–water partition coefficient (Wildman–Crippen LogP) is 5.91. The summed E-state index contributed by atoms with van der Waals surface area (Å²) in [7, 11) is 0. The Bertz CT molecular complexity index is 1240. The zero-order valence-electron chi connectivity index (χ0n) is 20.3. The summed E-state index contributed by atoms with van der Waals surface area (Å²) in [5, 5.41) is 3.68. The van der Waals surface area contributed by atoms with Crippen molar-refractivity contribution < 1.29 is 23.8 Å². The highest BCUT2D eigenvalue weighted by Gasteiger charge is 2.28. The Balaban J connectivity index is 1.33. The van der Waals surface area contributed by atoms with Crippen molar-refractivity contribution in [1.82, 2.24) is 0 Å². The van der Waals surface area contributed by atoms with Crippen molar-refractivity contribution in [2.24, 2.45) is 0 Å². The number of rotatable bonds is 9. The second kappa shape index (κ2) is 12.3. The van der Waals surface area contributed by atoms with E-state index >= 15 is 0 Å². The summed E-state index contributed by atoms with van der Waals surface area (Å²) in [6.07, 6.45) is 7.61. The molecule has 0 saturated heterocycles. The molecular formula is C29H29NO5S. The lowest BCUT2D eigenvalue weighted by molar-refractivity contribution is -0.116. The average Bonchev–Trinajstić information content (AvgIpc) is 3.23. The number of para-hydroxylation sites is 1. The minimum Gasteiger partial charge on any atom is -0.494 e. The third kappa shape index (κ3) is 6.46. The van der Waals surface area contributed by atoms with Crippen molar-refractivity contribution in [2.45, 2.75) is 51.7 Å². The summed E-state index contributed by atoms with van der Waals surface area (Å²) in [6.45, 7) is 2.68. The molecule has 1 heterocycles. The first-order chi connectivity index (χ1) is 17.6. The average molecular weight is 504 g/mol. The topological polar surface area (TPSA) is 73.9 Å². The van der Waals surface area contributed by atoms with Gasteiger partial charge in [-0.25, -0.2) is 4.79 Å². The molecule has 3 aromatic rings. The molecule has 1 aliphatic rings. The molecule has 4 rings (SSSR count). The summed E-state index contributed by atoms with van der Waals surface area (Å²) < 4.78 is 16.5. The van der Waals surface area contributed by atoms with Crippen molar-refractivity contribution in [1.29, 1.82) is 0 Å². The SMILES string of the molecule is C#Cc1c(NC(=O)CCc2ccccc2OCC)sc2c1CCC(OC(=O)OCc1ccccc1)C2. The second-order valence-corrected chi connectivity index (χ2v) is 9.55. The molecule has 1 aromatic heterocycles. The van der Waals surface area contributed by atoms with E-state index in [1.807, 2.05) is 61.5 Å². The molecule has 0 fully saturated rings. The van der Waals surface area contributed by atoms with E-state index in [-0.39, 0.29) is 18.6 Å². The van der Waals surface area contributed by atoms with Crippen molar-refractivity contribution in [3.8, 4) is 18.1 Å². The Morgan fingerprint density at radius 2 is 1.92 bits per heavy atom. The van der Waals surface area contributed by atoms with Crippen LogP contribution in [0.25, 0.3) is 0 Å². The van der Waals surface area contributed by atoms with Gasteiger partial charge >= 0.3 is 6.16 Å². The first-order valence-corrected chi connectivity index (χ1v) is 12.9. The maximum Gasteiger partial charge on any atom is 0.508 e. The van der Waals surface area contributed by atoms with Crippen molar-refractivity contribution in [3.63, 3.8) is 0 Å². The smallest absolute Gasteiger partial charge is 0.494 e. The normalized spacial score (nSPS) is 14.3. The van der Waals surface area contributed by atoms with Crippen LogP contribution in [0, 0.1) is 12.3 Å². The van der Waals surface area contributed by atoms with Gasteiger partial charge in [-0.1, -0.05) is 54.5 Å². The molecule has 1 N–H and O–H groups in total. The number of nitrogens with one attached hydrogen (secondary N) is 1. The third-order valence-corrected chi connectivity index (χ3v) is 7.14. The van der Waals surface area contributed by atoms with Crippen LogP contribution in [0.3, 0.4) is 0 Å². The number of carbonyl (C=O) groups excluding carboxylic acids is 2. The molecule has 7 heteroatoms. The minimum absolute atomic E-state index is 0.103. The predicted molar refractivity (Wildman–Crippen MR) is 140 cm³/mol. The van der Waals surface area contributed by atoms with E-state index in [1.54, 1.807) is 0 Å². The zero-order chi connectivity index (χ0) is 25.3. The Hall–Kier alpha value is -3.76. The van der Waals surface area contributed by atoms with E-state index in [0.29, 0.717) is 43.7 Å². The first kappa shape index (κ1) is 25.3. The van der Waals surface area contributed by atoms with Gasteiger partial charge in [-0.2, -0.15) is 0 Å². The number of benzene rings is 2. The molecule has 1 atom stereocenters. The van der Waals surface area contributed by atoms with Crippen molar-refractivity contribution in [3.05, 3.63) is 81.7 Å². The van der Waals surface area contributed by atoms with Crippen LogP contribution < -0.4 is 10.1 Å². The summed E-state index contributed by atoms with van der Waals surface area (Å²) in [6, 6.07) is 17.2. The molecule has 0 radical (unpaired) electrons. The monoisotopic (exact) mass is 503 g/mol. The summed E-state index contributed by atoms with van der Waals surface area (Å²) in [5.74, 6) is 3.45. The van der Waals surface area contributed by atoms with E-state index in [2.05, 4.69) is 11.2 Å². The lowest BCUT2D eigenvalue weighted by atomic mass is 9.93. The fourth-order valence-electron chi connectivity index (χ4n) is 4.23. The Labute approximate surface area is 215 Å². The number of aryl methyl sites for hydroxylation is 1. The molecule has 186 valence electrons. The van der Waals surface area contributed by atoms with Crippen LogP contribution in [0.1, 0.15) is 46.9 Å². The summed E-state index contributed by atoms with van der Waals surface area (Å²) in [5.41, 5.74) is 3.68. The maximum absolute atomic E-state index is 12.7. The molecule has 0 spiro atoms. The molecule has 0 aliphatic heterocycles. The van der Waals surface area contributed by atoms with Gasteiger partial charge < -0.3 is 19.5 Å². The van der Waals surface area contributed by atoms with Gasteiger partial charge in [-0.05, 0) is 48.9 Å². The molecule has 1 amide bonds. The number of fused-ring (bicyclic) bond motifs is 1. The van der Waals surface area contributed by atoms with E-state index in [9.17, 15) is 9.59 Å². The lowest BCUT2D eigenvalue weighted by Crippen LogP contribution is -2.25. The fraction of sp³-hybridized carbons (Fsp3) is 0.310. The lowest BCUT2D eigenvalue weighted by Gasteiger charge is -2.22. The number of terminal acetylenes is 1. The quantitative estimate of drug-likeness (QED) is 0.290. The number of thiophene rings is 1. The first-order valence-electron chi connectivity index (χ1n) is 12.1. The van der Waals surface area contributed by atoms with E-state index in [1.165, 1.54) is 11.3 Å². The molecule has 1 unspecified atom stereocenters. The highest BCUT2D eigenvalue weighted by Crippen LogP contribution is 2.38. The largest absolute Gasteiger partial charge is 0.508 e. The number of ether oxygens (including phenoxy) is 3. The van der Waals surface area contributed by atoms with Crippen molar-refractivity contribution >= 4 is 28.4 Å². The van der Waals surface area contributed by atoms with Crippen LogP contribution >= 0.6 is 11.3 Å². The highest BCUT2D eigenvalue weighted by atomic mass is 32.1. The van der Waals surface area contributed by atoms with Gasteiger partial charge in [0.2, 0.25) is 5.91 Å². The van der Waals surface area contributed by atoms with Gasteiger partial charge in [0.25, 0.3) is 0 Å². The van der Waals surface area contributed by atoms with Crippen molar-refractivity contribution in [2.75, 3.05) is 11.9 Å². The summed E-state index contributed by atoms with van der Waals surface area (Å²) in [4.78, 5) is 26.0. The Morgan fingerprint density at radius 3 is 2.69 bits per heavy atom. The van der Waals surface area contributed by atoms with Crippen LogP contribution in [-0.4, -0.2) is 24.8 Å². The Morgan fingerprint density at radius 1 is 1.14 bits per heavy atom. The van der Waals surface area contributed by atoms with Gasteiger partial charge in [0.15, 0.2) is 0 Å². The number of hydrogen-bond acceptors (Lipinski definition) is 6. The standard InChI is InChI=1S/C29H29NO5S/c1-3-23-24-16-15-22(35-29(32)34-19-20-10-6-5-7-11-20)18-26(24)36-28(23)30-27(31)17-14-21-12-8-9-13-25(21)33-4-2/h1,5-13,22H,4,14-19H2,2H3,(H,30,31). The van der Waals surface area contributed by atoms with Crippen LogP contribution in [-0.2, 0) is 40.1 Å². The van der Waals surface area contributed by atoms with Crippen LogP contribution in [0.2, 0.25) is 0 Å². The maximum atomic E-state index is 12.7. The van der Waals surface area contributed by atoms with Crippen LogP contribution in [0.15, 0.2) is 54.6 Å². The second-order valence-electron chi connectivity index (χ2n) is 8.45. The van der Waals surface area contributed by atoms with E-state index < -0.39 is 6.16 Å². The highest BCUT2D eigenvalue weighted by molar-refractivity contribution is 7.16. The molecular weight excluding hydrogens is 474 g/mol. The molecule has 6 nitrogen and oxygen atoms in total. The van der Waals surface area contributed by atoms with Gasteiger partial charge in [-0.15, -0.1) is 17.8 Å². The third-order valence-electron chi connectivity index (χ3n) is 5.97. The van der Waals surface area contributed by atoms with Crippen LogP contribution in [0.5, 0.6) is 5.75 Å². The zero-order valence-corrected chi connectivity index (χ0v) is 21.1. The molecule has 1 aliphatic carbocycles. The van der Waals surface area contributed by atoms with Crippen LogP contribution in [0.4, 0.5) is 9.80 Å². The fourth-order valence-corrected chi connectivity index (χ4v) is 5.52. The Kier molecular flexibility index (Phi) is 8.64. The number of hydrogen-bond donors (Lipinski definition) is 1. The molecule has 36 heavy (non-hydrogen) atoms. The van der Waals surface area contributed by atoms with Gasteiger partial charge in [0, 0.05) is 17.7 Å². The van der Waals surface area contributed by atoms with Gasteiger partial charge in [0.1, 0.15) is 23.5 Å². The molecule has 0 saturated carbocycles. The number of amides is 1. The van der Waals surface area contributed by atoms with E-state index in [4.69, 9.17) is 20.6 Å². The van der Waals surface area contributed by atoms with Gasteiger partial charge in [-0.3, -0.25) is 4.79 Å². The molecule has 2 aromatic carbocycles. The number of carbonyl (C=O) groups is 2.